The molecule has 1 unspecified atom stereocenters. The van der Waals surface area contributed by atoms with E-state index in [9.17, 15) is 0 Å². The van der Waals surface area contributed by atoms with Crippen molar-refractivity contribution in [3.05, 3.63) is 139 Å². The predicted molar refractivity (Wildman–Crippen MR) is 190 cm³/mol. The van der Waals surface area contributed by atoms with Crippen molar-refractivity contribution in [3.8, 4) is 28.3 Å². The number of alkyl halides is 1. The Balaban J connectivity index is 1.44. The average Bonchev–Trinajstić information content (AvgIpc) is 3.42. The van der Waals surface area contributed by atoms with Crippen LogP contribution in [0, 0.1) is 0 Å². The third-order valence-electron chi connectivity index (χ3n) is 8.51. The first kappa shape index (κ1) is 26.1. The van der Waals surface area contributed by atoms with Gasteiger partial charge in [0.05, 0.1) is 22.2 Å². The fourth-order valence-electron chi connectivity index (χ4n) is 6.28. The van der Waals surface area contributed by atoms with Gasteiger partial charge < -0.3 is 0 Å². The summed E-state index contributed by atoms with van der Waals surface area (Å²) in [5.74, 6) is 1.16. The third-order valence-corrected chi connectivity index (χ3v) is 9.84. The molecule has 2 aromatic heterocycles. The third kappa shape index (κ3) is 4.40. The van der Waals surface area contributed by atoms with E-state index in [2.05, 4.69) is 168 Å². The van der Waals surface area contributed by atoms with Crippen molar-refractivity contribution >= 4 is 66.1 Å². The number of hydrogen-bond acceptors (Lipinski definition) is 2. The van der Waals surface area contributed by atoms with E-state index >= 15 is 0 Å². The van der Waals surface area contributed by atoms with Gasteiger partial charge in [0, 0.05) is 26.1 Å². The fourth-order valence-corrected chi connectivity index (χ4v) is 6.79. The summed E-state index contributed by atoms with van der Waals surface area (Å²) in [5, 5.41) is 6.02. The van der Waals surface area contributed by atoms with E-state index in [1.807, 2.05) is 0 Å². The largest absolute Gasteiger partial charge is 0.278 e. The maximum absolute atomic E-state index is 5.35. The molecule has 4 heteroatoms. The number of benzene rings is 6. The summed E-state index contributed by atoms with van der Waals surface area (Å²) in [5.41, 5.74) is 8.89. The topological polar surface area (TPSA) is 30.7 Å². The van der Waals surface area contributed by atoms with Crippen LogP contribution in [-0.2, 0) is 0 Å². The molecule has 0 bridgehead atoms. The Hall–Kier alpha value is -4.55. The number of rotatable bonds is 5. The molecule has 6 aromatic carbocycles. The van der Waals surface area contributed by atoms with Gasteiger partial charge in [0.15, 0.2) is 0 Å². The minimum absolute atomic E-state index is 0.471. The lowest BCUT2D eigenvalue weighted by atomic mass is 9.99. The van der Waals surface area contributed by atoms with Gasteiger partial charge in [0.2, 0.25) is 5.95 Å². The second-order valence-corrected chi connectivity index (χ2v) is 12.1. The van der Waals surface area contributed by atoms with Crippen molar-refractivity contribution in [1.29, 1.82) is 0 Å². The summed E-state index contributed by atoms with van der Waals surface area (Å²) in [7, 11) is 0. The standard InChI is InChI=1S/C39H28IN3/c1-25(24-40)28-19-20-35-33(23-28)37-31-15-6-5-12-27(31)18-21-36(37)43(35)39-41-34-17-8-7-16-32(34)38(42-39)30-14-9-13-29(22-30)26-10-3-2-4-11-26/h2-23,25H,24H2,1H3. The van der Waals surface area contributed by atoms with Crippen LogP contribution in [0.4, 0.5) is 0 Å². The Kier molecular flexibility index (Phi) is 6.45. The molecule has 3 nitrogen and oxygen atoms in total. The minimum Gasteiger partial charge on any atom is -0.278 e. The maximum Gasteiger partial charge on any atom is 0.235 e. The smallest absolute Gasteiger partial charge is 0.235 e. The molecule has 43 heavy (non-hydrogen) atoms. The number of para-hydroxylation sites is 1. The number of nitrogens with zero attached hydrogens (tertiary/aromatic N) is 3. The lowest BCUT2D eigenvalue weighted by Gasteiger charge is -2.13. The SMILES string of the molecule is CC(CI)c1ccc2c(c1)c1c3ccccc3ccc1n2-c1nc(-c2cccc(-c3ccccc3)c2)c2ccccc2n1. The highest BCUT2D eigenvalue weighted by Gasteiger charge is 2.20. The molecular weight excluding hydrogens is 637 g/mol. The highest BCUT2D eigenvalue weighted by molar-refractivity contribution is 14.1. The van der Waals surface area contributed by atoms with Gasteiger partial charge in [-0.05, 0) is 63.7 Å². The van der Waals surface area contributed by atoms with Crippen LogP contribution in [-0.4, -0.2) is 19.0 Å². The molecule has 0 spiro atoms. The Morgan fingerprint density at radius 2 is 1.33 bits per heavy atom. The van der Waals surface area contributed by atoms with Crippen LogP contribution in [0.1, 0.15) is 18.4 Å². The molecule has 1 atom stereocenters. The molecule has 8 rings (SSSR count). The average molecular weight is 666 g/mol. The highest BCUT2D eigenvalue weighted by Crippen LogP contribution is 2.39. The Bertz CT molecular complexity index is 2300. The number of hydrogen-bond donors (Lipinski definition) is 0. The van der Waals surface area contributed by atoms with Gasteiger partial charge in [0.25, 0.3) is 0 Å². The zero-order valence-electron chi connectivity index (χ0n) is 23.7. The highest BCUT2D eigenvalue weighted by atomic mass is 127. The van der Waals surface area contributed by atoms with Crippen molar-refractivity contribution in [3.63, 3.8) is 0 Å². The first-order valence-corrected chi connectivity index (χ1v) is 16.2. The van der Waals surface area contributed by atoms with Gasteiger partial charge >= 0.3 is 0 Å². The maximum atomic E-state index is 5.35. The zero-order chi connectivity index (χ0) is 28.9. The van der Waals surface area contributed by atoms with Crippen LogP contribution in [0.25, 0.3) is 71.8 Å². The Morgan fingerprint density at radius 1 is 0.605 bits per heavy atom. The monoisotopic (exact) mass is 665 g/mol. The van der Waals surface area contributed by atoms with Gasteiger partial charge in [-0.3, -0.25) is 4.57 Å². The van der Waals surface area contributed by atoms with Gasteiger partial charge in [-0.1, -0.05) is 133 Å². The predicted octanol–water partition coefficient (Wildman–Crippen LogP) is 10.8. The van der Waals surface area contributed by atoms with Gasteiger partial charge in [-0.25, -0.2) is 9.97 Å². The van der Waals surface area contributed by atoms with E-state index in [1.165, 1.54) is 38.2 Å². The summed E-state index contributed by atoms with van der Waals surface area (Å²) in [6.07, 6.45) is 0. The first-order valence-electron chi connectivity index (χ1n) is 14.6. The molecule has 0 aliphatic rings. The Labute approximate surface area is 264 Å². The normalized spacial score (nSPS) is 12.4. The molecule has 0 saturated carbocycles. The first-order chi connectivity index (χ1) is 21.2. The summed E-state index contributed by atoms with van der Waals surface area (Å²) < 4.78 is 3.33. The van der Waals surface area contributed by atoms with Crippen LogP contribution < -0.4 is 0 Å². The van der Waals surface area contributed by atoms with Gasteiger partial charge in [-0.15, -0.1) is 0 Å². The minimum atomic E-state index is 0.471. The van der Waals surface area contributed by atoms with Gasteiger partial charge in [-0.2, -0.15) is 0 Å². The number of fused-ring (bicyclic) bond motifs is 6. The van der Waals surface area contributed by atoms with Crippen LogP contribution in [0.15, 0.2) is 133 Å². The quantitative estimate of drug-likeness (QED) is 0.135. The summed E-state index contributed by atoms with van der Waals surface area (Å²) in [6.45, 7) is 2.30. The molecule has 0 aliphatic heterocycles. The number of halogens is 1. The van der Waals surface area contributed by atoms with Crippen molar-refractivity contribution < 1.29 is 0 Å². The van der Waals surface area contributed by atoms with Crippen LogP contribution in [0.3, 0.4) is 0 Å². The molecular formula is C39H28IN3. The van der Waals surface area contributed by atoms with E-state index in [0.29, 0.717) is 11.9 Å². The molecule has 2 heterocycles. The van der Waals surface area contributed by atoms with E-state index in [4.69, 9.17) is 9.97 Å². The van der Waals surface area contributed by atoms with Crippen molar-refractivity contribution in [1.82, 2.24) is 14.5 Å². The summed E-state index contributed by atoms with van der Waals surface area (Å²) in [6, 6.07) is 47.6. The van der Waals surface area contributed by atoms with E-state index in [-0.39, 0.29) is 0 Å². The molecule has 0 saturated heterocycles. The molecule has 8 aromatic rings. The van der Waals surface area contributed by atoms with Crippen molar-refractivity contribution in [2.75, 3.05) is 4.43 Å². The molecule has 0 radical (unpaired) electrons. The molecule has 0 aliphatic carbocycles. The van der Waals surface area contributed by atoms with E-state index in [1.54, 1.807) is 0 Å². The lowest BCUT2D eigenvalue weighted by molar-refractivity contribution is 0.897. The second-order valence-electron chi connectivity index (χ2n) is 11.2. The molecule has 0 N–H and O–H groups in total. The van der Waals surface area contributed by atoms with Crippen LogP contribution >= 0.6 is 22.6 Å². The summed E-state index contributed by atoms with van der Waals surface area (Å²) >= 11 is 2.49. The lowest BCUT2D eigenvalue weighted by Crippen LogP contribution is -2.03. The molecule has 0 fully saturated rings. The molecule has 206 valence electrons. The molecule has 0 amide bonds. The van der Waals surface area contributed by atoms with Crippen LogP contribution in [0.2, 0.25) is 0 Å². The second kappa shape index (κ2) is 10.6. The van der Waals surface area contributed by atoms with E-state index in [0.717, 1.165) is 37.6 Å². The van der Waals surface area contributed by atoms with Crippen LogP contribution in [0.5, 0.6) is 0 Å². The zero-order valence-corrected chi connectivity index (χ0v) is 25.9. The summed E-state index contributed by atoms with van der Waals surface area (Å²) in [4.78, 5) is 10.5. The van der Waals surface area contributed by atoms with E-state index < -0.39 is 0 Å². The van der Waals surface area contributed by atoms with Gasteiger partial charge in [0.1, 0.15) is 0 Å². The fraction of sp³-hybridized carbons (Fsp3) is 0.0769. The van der Waals surface area contributed by atoms with Crippen molar-refractivity contribution in [2.24, 2.45) is 0 Å². The Morgan fingerprint density at radius 3 is 2.19 bits per heavy atom. The van der Waals surface area contributed by atoms with Crippen molar-refractivity contribution in [2.45, 2.75) is 12.8 Å². The number of aromatic nitrogens is 3.